The maximum absolute atomic E-state index is 12.8. The zero-order chi connectivity index (χ0) is 31.0. The van der Waals surface area contributed by atoms with Crippen molar-refractivity contribution in [3.63, 3.8) is 0 Å². The topological polar surface area (TPSA) is 103 Å². The Morgan fingerprint density at radius 1 is 1.09 bits per heavy atom. The summed E-state index contributed by atoms with van der Waals surface area (Å²) in [6, 6.07) is 17.8. The van der Waals surface area contributed by atoms with Crippen molar-refractivity contribution in [2.24, 2.45) is 0 Å². The van der Waals surface area contributed by atoms with Crippen LogP contribution in [0.5, 0.6) is 11.6 Å². The van der Waals surface area contributed by atoms with Crippen molar-refractivity contribution in [2.45, 2.75) is 64.5 Å². The lowest BCUT2D eigenvalue weighted by atomic mass is 9.95. The Morgan fingerprint density at radius 2 is 1.81 bits per heavy atom. The number of nitrogens with zero attached hydrogens (tertiary/aromatic N) is 2. The van der Waals surface area contributed by atoms with Crippen molar-refractivity contribution in [3.05, 3.63) is 70.7 Å². The minimum atomic E-state index is -4.00. The van der Waals surface area contributed by atoms with Crippen molar-refractivity contribution in [1.29, 1.82) is 0 Å². The molecular formula is C32H40ClN2O6PSi. The molecule has 2 heterocycles. The molecule has 1 saturated carbocycles. The Morgan fingerprint density at radius 3 is 2.44 bits per heavy atom. The van der Waals surface area contributed by atoms with Crippen molar-refractivity contribution in [3.8, 4) is 22.9 Å². The number of aryl methyl sites for hydroxylation is 1. The summed E-state index contributed by atoms with van der Waals surface area (Å²) in [6.07, 6.45) is 1.99. The van der Waals surface area contributed by atoms with E-state index in [0.29, 0.717) is 40.0 Å². The molecule has 0 aliphatic heterocycles. The van der Waals surface area contributed by atoms with Crippen LogP contribution in [0.15, 0.2) is 54.6 Å². The summed E-state index contributed by atoms with van der Waals surface area (Å²) in [4.78, 5) is 15.4. The molecule has 5 rings (SSSR count). The molecule has 0 spiro atoms. The summed E-state index contributed by atoms with van der Waals surface area (Å²) in [5, 5.41) is 10.5. The molecule has 8 nitrogen and oxygen atoms in total. The zero-order valence-electron chi connectivity index (χ0n) is 25.4. The van der Waals surface area contributed by atoms with Crippen LogP contribution in [0.1, 0.15) is 30.9 Å². The fraction of sp³-hybridized carbons (Fsp3) is 0.406. The average Bonchev–Trinajstić information content (AvgIpc) is 3.69. The predicted molar refractivity (Wildman–Crippen MR) is 175 cm³/mol. The molecule has 230 valence electrons. The number of aromatic nitrogens is 2. The Labute approximate surface area is 259 Å². The highest BCUT2D eigenvalue weighted by molar-refractivity contribution is 7.61. The summed E-state index contributed by atoms with van der Waals surface area (Å²) >= 11 is 6.82. The van der Waals surface area contributed by atoms with Gasteiger partial charge in [-0.05, 0) is 62.1 Å². The second-order valence-electron chi connectivity index (χ2n) is 12.5. The fourth-order valence-corrected chi connectivity index (χ4v) is 7.39. The van der Waals surface area contributed by atoms with Gasteiger partial charge in [-0.25, -0.2) is 4.98 Å². The molecule has 1 unspecified atom stereocenters. The Kier molecular flexibility index (Phi) is 9.26. The SMILES string of the molecule is CCOP(=O)(O)c1cc(Oc2cc3nc(-c4ccc(C5(CO)CC5)cc4)c(Cl)cc3n2COCC[Si](C)(C)C)ccc1C. The van der Waals surface area contributed by atoms with E-state index in [0.717, 1.165) is 35.5 Å². The number of pyridine rings is 1. The third-order valence-corrected chi connectivity index (χ3v) is 11.6. The van der Waals surface area contributed by atoms with Gasteiger partial charge in [-0.15, -0.1) is 0 Å². The number of halogens is 1. The van der Waals surface area contributed by atoms with Crippen LogP contribution in [-0.2, 0) is 26.0 Å². The molecular weight excluding hydrogens is 603 g/mol. The molecule has 1 atom stereocenters. The van der Waals surface area contributed by atoms with Gasteiger partial charge in [0, 0.05) is 31.7 Å². The molecule has 11 heteroatoms. The molecule has 1 aliphatic rings. The lowest BCUT2D eigenvalue weighted by molar-refractivity contribution is 0.0858. The van der Waals surface area contributed by atoms with Gasteiger partial charge in [0.1, 0.15) is 12.5 Å². The maximum atomic E-state index is 12.8. The first-order chi connectivity index (χ1) is 20.4. The van der Waals surface area contributed by atoms with Crippen molar-refractivity contribution >= 4 is 43.6 Å². The summed E-state index contributed by atoms with van der Waals surface area (Å²) in [5.74, 6) is 0.859. The van der Waals surface area contributed by atoms with E-state index in [1.165, 1.54) is 0 Å². The van der Waals surface area contributed by atoms with E-state index in [1.807, 2.05) is 41.0 Å². The van der Waals surface area contributed by atoms with Crippen LogP contribution in [0.3, 0.4) is 0 Å². The smallest absolute Gasteiger partial charge is 0.359 e. The lowest BCUT2D eigenvalue weighted by Gasteiger charge is -2.18. The Bertz CT molecular complexity index is 1660. The first kappa shape index (κ1) is 31.9. The van der Waals surface area contributed by atoms with E-state index in [-0.39, 0.29) is 30.7 Å². The second kappa shape index (κ2) is 12.5. The number of aliphatic hydroxyl groups is 1. The van der Waals surface area contributed by atoms with E-state index in [4.69, 9.17) is 30.6 Å². The van der Waals surface area contributed by atoms with Crippen molar-refractivity contribution in [2.75, 3.05) is 19.8 Å². The Hall–Kier alpha value is -2.49. The van der Waals surface area contributed by atoms with Gasteiger partial charge in [-0.2, -0.15) is 0 Å². The monoisotopic (exact) mass is 642 g/mol. The first-order valence-electron chi connectivity index (χ1n) is 14.6. The number of hydrogen-bond donors (Lipinski definition) is 2. The van der Waals surface area contributed by atoms with E-state index in [1.54, 1.807) is 32.0 Å². The van der Waals surface area contributed by atoms with Gasteiger partial charge in [0.05, 0.1) is 40.3 Å². The van der Waals surface area contributed by atoms with Crippen molar-refractivity contribution in [1.82, 2.24) is 9.55 Å². The standard InChI is InChI=1S/C32H40ClN2O6PSi/c1-6-40-42(37,38)29-17-25(12-7-22(29)2)41-30-19-27-28(35(30)21-39-15-16-43(3,4)5)18-26(33)31(34-27)23-8-10-24(11-9-23)32(20-36)13-14-32/h7-12,17-19,36H,6,13-16,20-21H2,1-5H3,(H,37,38). The van der Waals surface area contributed by atoms with Crippen LogP contribution < -0.4 is 10.0 Å². The quantitative estimate of drug-likeness (QED) is 0.0877. The molecule has 0 bridgehead atoms. The molecule has 1 aliphatic carbocycles. The normalized spacial score (nSPS) is 15.9. The van der Waals surface area contributed by atoms with Crippen LogP contribution in [0.25, 0.3) is 22.3 Å². The van der Waals surface area contributed by atoms with Crippen LogP contribution in [0.2, 0.25) is 30.7 Å². The number of fused-ring (bicyclic) bond motifs is 1. The highest BCUT2D eigenvalue weighted by Crippen LogP contribution is 2.48. The van der Waals surface area contributed by atoms with Crippen LogP contribution >= 0.6 is 19.2 Å². The number of ether oxygens (including phenoxy) is 2. The summed E-state index contributed by atoms with van der Waals surface area (Å²) in [5.41, 5.74) is 4.61. The average molecular weight is 643 g/mol. The summed E-state index contributed by atoms with van der Waals surface area (Å²) in [6.45, 7) is 11.5. The maximum Gasteiger partial charge on any atom is 0.359 e. The molecule has 1 fully saturated rings. The number of rotatable bonds is 13. The molecule has 43 heavy (non-hydrogen) atoms. The molecule has 4 aromatic rings. The molecule has 0 saturated heterocycles. The van der Waals surface area contributed by atoms with Crippen LogP contribution in [0.4, 0.5) is 0 Å². The highest BCUT2D eigenvalue weighted by atomic mass is 35.5. The number of aliphatic hydroxyl groups excluding tert-OH is 1. The fourth-order valence-electron chi connectivity index (χ4n) is 5.08. The second-order valence-corrected chi connectivity index (χ2v) is 20.3. The summed E-state index contributed by atoms with van der Waals surface area (Å²) in [7, 11) is -5.29. The largest absolute Gasteiger partial charge is 0.441 e. The van der Waals surface area contributed by atoms with E-state index < -0.39 is 15.7 Å². The van der Waals surface area contributed by atoms with Gasteiger partial charge in [0.2, 0.25) is 5.88 Å². The van der Waals surface area contributed by atoms with Gasteiger partial charge < -0.3 is 24.0 Å². The number of hydrogen-bond acceptors (Lipinski definition) is 6. The lowest BCUT2D eigenvalue weighted by Crippen LogP contribution is -2.22. The van der Waals surface area contributed by atoms with E-state index in [9.17, 15) is 14.6 Å². The molecule has 0 radical (unpaired) electrons. The van der Waals surface area contributed by atoms with Gasteiger partial charge in [-0.1, -0.05) is 61.6 Å². The zero-order valence-corrected chi connectivity index (χ0v) is 28.0. The molecule has 2 aromatic heterocycles. The van der Waals surface area contributed by atoms with Gasteiger partial charge in [0.15, 0.2) is 0 Å². The highest BCUT2D eigenvalue weighted by Gasteiger charge is 2.43. The van der Waals surface area contributed by atoms with Crippen LogP contribution in [0, 0.1) is 6.92 Å². The van der Waals surface area contributed by atoms with Gasteiger partial charge in [0.25, 0.3) is 0 Å². The van der Waals surface area contributed by atoms with Gasteiger partial charge in [-0.3, -0.25) is 9.13 Å². The third kappa shape index (κ3) is 7.09. The predicted octanol–water partition coefficient (Wildman–Crippen LogP) is 7.64. The van der Waals surface area contributed by atoms with E-state index in [2.05, 4.69) is 19.6 Å². The minimum Gasteiger partial charge on any atom is -0.441 e. The Balaban J connectivity index is 1.51. The van der Waals surface area contributed by atoms with E-state index >= 15 is 0 Å². The van der Waals surface area contributed by atoms with Crippen molar-refractivity contribution < 1.29 is 28.6 Å². The van der Waals surface area contributed by atoms with Crippen LogP contribution in [-0.4, -0.2) is 47.4 Å². The molecule has 2 N–H and O–H groups in total. The van der Waals surface area contributed by atoms with Gasteiger partial charge >= 0.3 is 7.60 Å². The first-order valence-corrected chi connectivity index (χ1v) is 20.3. The third-order valence-electron chi connectivity index (χ3n) is 7.96. The number of benzene rings is 2. The molecule has 2 aromatic carbocycles. The summed E-state index contributed by atoms with van der Waals surface area (Å²) < 4.78 is 32.3. The molecule has 0 amide bonds. The minimum absolute atomic E-state index is 0.110.